The molecule has 1 heterocycles. The lowest BCUT2D eigenvalue weighted by molar-refractivity contribution is -0.118. The monoisotopic (exact) mass is 348 g/mol. The molecule has 0 aromatic heterocycles. The summed E-state index contributed by atoms with van der Waals surface area (Å²) in [6.45, 7) is 2.37. The van der Waals surface area contributed by atoms with Crippen LogP contribution in [-0.2, 0) is 9.53 Å². The van der Waals surface area contributed by atoms with E-state index in [0.717, 1.165) is 30.9 Å². The molecule has 0 saturated carbocycles. The van der Waals surface area contributed by atoms with Crippen molar-refractivity contribution in [3.05, 3.63) is 54.1 Å². The lowest BCUT2D eigenvalue weighted by Gasteiger charge is -2.30. The zero-order valence-corrected chi connectivity index (χ0v) is 13.5. The zero-order chi connectivity index (χ0) is 17.6. The second-order valence-corrected chi connectivity index (χ2v) is 5.53. The minimum Gasteiger partial charge on any atom is -0.481 e. The topological polar surface area (TPSA) is 50.8 Å². The highest BCUT2D eigenvalue weighted by Gasteiger charge is 2.16. The van der Waals surface area contributed by atoms with Crippen molar-refractivity contribution < 1.29 is 23.0 Å². The average Bonchev–Trinajstić information content (AvgIpc) is 2.62. The fourth-order valence-electron chi connectivity index (χ4n) is 2.58. The van der Waals surface area contributed by atoms with Crippen molar-refractivity contribution in [1.82, 2.24) is 0 Å². The lowest BCUT2D eigenvalue weighted by Crippen LogP contribution is -2.37. The predicted molar refractivity (Wildman–Crippen MR) is 90.0 cm³/mol. The molecule has 0 unspecified atom stereocenters. The number of anilines is 2. The van der Waals surface area contributed by atoms with Crippen LogP contribution in [0.1, 0.15) is 0 Å². The van der Waals surface area contributed by atoms with E-state index in [0.29, 0.717) is 25.0 Å². The Kier molecular flexibility index (Phi) is 5.45. The van der Waals surface area contributed by atoms with Gasteiger partial charge in [-0.2, -0.15) is 0 Å². The van der Waals surface area contributed by atoms with Gasteiger partial charge in [-0.3, -0.25) is 4.79 Å². The molecule has 1 saturated heterocycles. The normalized spacial score (nSPS) is 14.2. The fraction of sp³-hybridized carbons (Fsp3) is 0.278. The van der Waals surface area contributed by atoms with Crippen LogP contribution in [0.3, 0.4) is 0 Å². The molecular weight excluding hydrogens is 330 g/mol. The maximum Gasteiger partial charge on any atom is 0.262 e. The highest BCUT2D eigenvalue weighted by Crippen LogP contribution is 2.26. The summed E-state index contributed by atoms with van der Waals surface area (Å²) in [4.78, 5) is 14.2. The van der Waals surface area contributed by atoms with E-state index in [9.17, 15) is 13.6 Å². The third-order valence-corrected chi connectivity index (χ3v) is 3.78. The van der Waals surface area contributed by atoms with Crippen molar-refractivity contribution in [3.63, 3.8) is 0 Å². The quantitative estimate of drug-likeness (QED) is 0.903. The molecule has 0 radical (unpaired) electrons. The van der Waals surface area contributed by atoms with E-state index in [4.69, 9.17) is 9.47 Å². The van der Waals surface area contributed by atoms with E-state index >= 15 is 0 Å². The number of halogens is 2. The van der Waals surface area contributed by atoms with Crippen molar-refractivity contribution in [2.45, 2.75) is 0 Å². The third kappa shape index (κ3) is 4.45. The predicted octanol–water partition coefficient (Wildman–Crippen LogP) is 2.82. The summed E-state index contributed by atoms with van der Waals surface area (Å²) in [6, 6.07) is 10.4. The molecule has 0 bridgehead atoms. The Morgan fingerprint density at radius 3 is 2.68 bits per heavy atom. The van der Waals surface area contributed by atoms with Gasteiger partial charge in [-0.25, -0.2) is 8.78 Å². The van der Waals surface area contributed by atoms with E-state index in [1.165, 1.54) is 0 Å². The molecule has 1 amide bonds. The van der Waals surface area contributed by atoms with Crippen LogP contribution in [0.4, 0.5) is 20.2 Å². The maximum atomic E-state index is 13.5. The molecule has 5 nitrogen and oxygen atoms in total. The molecule has 1 fully saturated rings. The minimum atomic E-state index is -0.846. The molecule has 1 aliphatic heterocycles. The number of hydrogen-bond acceptors (Lipinski definition) is 4. The van der Waals surface area contributed by atoms with Gasteiger partial charge >= 0.3 is 0 Å². The number of carbonyl (C=O) groups excluding carboxylic acids is 1. The first-order valence-electron chi connectivity index (χ1n) is 7.93. The standard InChI is InChI=1S/C18H18F2N2O3/c19-13-5-6-17(14(20)11-13)25-12-18(23)21-15-3-1-2-4-16(15)22-7-9-24-10-8-22/h1-6,11H,7-10,12H2,(H,21,23). The molecule has 132 valence electrons. The van der Waals surface area contributed by atoms with Gasteiger partial charge in [0.25, 0.3) is 5.91 Å². The van der Waals surface area contributed by atoms with Crippen LogP contribution in [0.5, 0.6) is 5.75 Å². The SMILES string of the molecule is O=C(COc1ccc(F)cc1F)Nc1ccccc1N1CCOCC1. The smallest absolute Gasteiger partial charge is 0.262 e. The Balaban J connectivity index is 1.63. The first kappa shape index (κ1) is 17.2. The largest absolute Gasteiger partial charge is 0.481 e. The summed E-state index contributed by atoms with van der Waals surface area (Å²) in [6.07, 6.45) is 0. The van der Waals surface area contributed by atoms with E-state index in [1.54, 1.807) is 6.07 Å². The second kappa shape index (κ2) is 7.94. The Morgan fingerprint density at radius 2 is 1.92 bits per heavy atom. The van der Waals surface area contributed by atoms with Gasteiger partial charge in [0, 0.05) is 19.2 Å². The van der Waals surface area contributed by atoms with Crippen LogP contribution in [0.15, 0.2) is 42.5 Å². The molecule has 0 aliphatic carbocycles. The number of nitrogens with zero attached hydrogens (tertiary/aromatic N) is 1. The highest BCUT2D eigenvalue weighted by atomic mass is 19.1. The number of nitrogens with one attached hydrogen (secondary N) is 1. The zero-order valence-electron chi connectivity index (χ0n) is 13.5. The van der Waals surface area contributed by atoms with Gasteiger partial charge in [-0.15, -0.1) is 0 Å². The van der Waals surface area contributed by atoms with Crippen LogP contribution < -0.4 is 15.0 Å². The molecule has 0 spiro atoms. The van der Waals surface area contributed by atoms with Gasteiger partial charge in [-0.1, -0.05) is 12.1 Å². The van der Waals surface area contributed by atoms with Crippen molar-refractivity contribution in [2.75, 3.05) is 43.1 Å². The third-order valence-electron chi connectivity index (χ3n) is 3.78. The summed E-state index contributed by atoms with van der Waals surface area (Å²) >= 11 is 0. The van der Waals surface area contributed by atoms with Gasteiger partial charge in [0.05, 0.1) is 24.6 Å². The molecule has 25 heavy (non-hydrogen) atoms. The minimum absolute atomic E-state index is 0.169. The molecule has 1 N–H and O–H groups in total. The summed E-state index contributed by atoms with van der Waals surface area (Å²) in [5, 5.41) is 2.77. The first-order valence-corrected chi connectivity index (χ1v) is 7.93. The highest BCUT2D eigenvalue weighted by molar-refractivity contribution is 5.95. The molecule has 7 heteroatoms. The number of para-hydroxylation sites is 2. The van der Waals surface area contributed by atoms with Gasteiger partial charge in [-0.05, 0) is 24.3 Å². The summed E-state index contributed by atoms with van der Waals surface area (Å²) < 4.78 is 36.8. The Labute approximate surface area is 144 Å². The molecule has 2 aromatic carbocycles. The lowest BCUT2D eigenvalue weighted by atomic mass is 10.2. The number of rotatable bonds is 5. The number of hydrogen-bond donors (Lipinski definition) is 1. The number of morpholine rings is 1. The number of ether oxygens (including phenoxy) is 2. The van der Waals surface area contributed by atoms with E-state index in [1.807, 2.05) is 18.2 Å². The fourth-order valence-corrected chi connectivity index (χ4v) is 2.58. The number of amides is 1. The Bertz CT molecular complexity index is 749. The van der Waals surface area contributed by atoms with Crippen molar-refractivity contribution in [3.8, 4) is 5.75 Å². The maximum absolute atomic E-state index is 13.5. The molecule has 1 aliphatic rings. The first-order chi connectivity index (χ1) is 12.1. The van der Waals surface area contributed by atoms with Gasteiger partial charge in [0.2, 0.25) is 0 Å². The van der Waals surface area contributed by atoms with Crippen molar-refractivity contribution in [2.24, 2.45) is 0 Å². The van der Waals surface area contributed by atoms with Gasteiger partial charge in [0.15, 0.2) is 18.2 Å². The molecule has 0 atom stereocenters. The van der Waals surface area contributed by atoms with E-state index < -0.39 is 17.5 Å². The average molecular weight is 348 g/mol. The summed E-state index contributed by atoms with van der Waals surface area (Å²) in [5.41, 5.74) is 1.55. The van der Waals surface area contributed by atoms with Gasteiger partial charge in [0.1, 0.15) is 5.82 Å². The van der Waals surface area contributed by atoms with Crippen LogP contribution >= 0.6 is 0 Å². The molecule has 3 rings (SSSR count). The summed E-state index contributed by atoms with van der Waals surface area (Å²) in [7, 11) is 0. The van der Waals surface area contributed by atoms with Crippen LogP contribution in [0, 0.1) is 11.6 Å². The van der Waals surface area contributed by atoms with E-state index in [-0.39, 0.29) is 12.4 Å². The molecular formula is C18H18F2N2O3. The Hall–Kier alpha value is -2.67. The van der Waals surface area contributed by atoms with Crippen LogP contribution in [0.2, 0.25) is 0 Å². The van der Waals surface area contributed by atoms with Crippen molar-refractivity contribution >= 4 is 17.3 Å². The summed E-state index contributed by atoms with van der Waals surface area (Å²) in [5.74, 6) is -2.14. The number of carbonyl (C=O) groups is 1. The van der Waals surface area contributed by atoms with Gasteiger partial charge < -0.3 is 19.7 Å². The van der Waals surface area contributed by atoms with E-state index in [2.05, 4.69) is 10.2 Å². The van der Waals surface area contributed by atoms with Crippen molar-refractivity contribution in [1.29, 1.82) is 0 Å². The molecule has 2 aromatic rings. The second-order valence-electron chi connectivity index (χ2n) is 5.53. The number of benzene rings is 2. The van der Waals surface area contributed by atoms with Crippen LogP contribution in [0.25, 0.3) is 0 Å². The Morgan fingerprint density at radius 1 is 1.16 bits per heavy atom. The van der Waals surface area contributed by atoms with Crippen LogP contribution in [-0.4, -0.2) is 38.8 Å².